The molecular weight excluding hydrogens is 113 g/mol. The summed E-state index contributed by atoms with van der Waals surface area (Å²) in [4.78, 5) is 9.84. The van der Waals surface area contributed by atoms with Crippen molar-refractivity contribution >= 4 is 5.97 Å². The maximum absolute atomic E-state index is 11.4. The monoisotopic (exact) mass is 121 g/mol. The number of rotatable bonds is 3. The lowest BCUT2D eigenvalue weighted by Crippen LogP contribution is -2.24. The summed E-state index contributed by atoms with van der Waals surface area (Å²) >= 11 is 0. The summed E-state index contributed by atoms with van der Waals surface area (Å²) in [6.07, 6.45) is 0. The molecule has 0 aromatic heterocycles. The van der Waals surface area contributed by atoms with Gasteiger partial charge in [-0.15, -0.1) is 0 Å². The second-order valence-corrected chi connectivity index (χ2v) is 1.43. The van der Waals surface area contributed by atoms with Gasteiger partial charge in [0.1, 0.15) is 6.67 Å². The zero-order valence-corrected chi connectivity index (χ0v) is 4.30. The number of nitrogens with two attached hydrogens (primary N) is 1. The summed E-state index contributed by atoms with van der Waals surface area (Å²) in [6, 6.07) is 0. The molecule has 0 amide bonds. The Morgan fingerprint density at radius 3 is 2.38 bits per heavy atom. The summed E-state index contributed by atoms with van der Waals surface area (Å²) in [6.45, 7) is -1.02. The fraction of sp³-hybridized carbons (Fsp3) is 0.750. The minimum Gasteiger partial charge on any atom is -0.481 e. The fourth-order valence-electron chi connectivity index (χ4n) is 0.230. The first-order chi connectivity index (χ1) is 3.72. The second kappa shape index (κ2) is 3.37. The van der Waals surface area contributed by atoms with Crippen molar-refractivity contribution in [2.75, 3.05) is 13.2 Å². The maximum atomic E-state index is 11.4. The predicted octanol–water partition coefficient (Wildman–Crippen LogP) is -0.385. The topological polar surface area (TPSA) is 63.3 Å². The third kappa shape index (κ3) is 1.88. The van der Waals surface area contributed by atoms with Gasteiger partial charge in [-0.1, -0.05) is 0 Å². The first kappa shape index (κ1) is 7.36. The smallest absolute Gasteiger partial charge is 0.310 e. The summed E-state index contributed by atoms with van der Waals surface area (Å²) < 4.78 is 11.4. The Kier molecular flexibility index (Phi) is 3.10. The Morgan fingerprint density at radius 2 is 2.38 bits per heavy atom. The molecule has 0 saturated heterocycles. The highest BCUT2D eigenvalue weighted by Crippen LogP contribution is 1.92. The molecule has 4 heteroatoms. The Hall–Kier alpha value is -0.640. The Morgan fingerprint density at radius 1 is 1.88 bits per heavy atom. The highest BCUT2D eigenvalue weighted by molar-refractivity contribution is 5.70. The highest BCUT2D eigenvalue weighted by Gasteiger charge is 2.13. The van der Waals surface area contributed by atoms with Crippen LogP contribution in [0.2, 0.25) is 0 Å². The van der Waals surface area contributed by atoms with Crippen molar-refractivity contribution < 1.29 is 14.3 Å². The highest BCUT2D eigenvalue weighted by atomic mass is 19.1. The molecule has 3 nitrogen and oxygen atoms in total. The lowest BCUT2D eigenvalue weighted by Gasteiger charge is -2.00. The largest absolute Gasteiger partial charge is 0.481 e. The van der Waals surface area contributed by atoms with Crippen molar-refractivity contribution in [2.24, 2.45) is 11.7 Å². The van der Waals surface area contributed by atoms with E-state index in [0.717, 1.165) is 0 Å². The van der Waals surface area contributed by atoms with Gasteiger partial charge in [-0.25, -0.2) is 0 Å². The Bertz CT molecular complexity index is 82.1. The van der Waals surface area contributed by atoms with E-state index in [1.165, 1.54) is 0 Å². The van der Waals surface area contributed by atoms with Crippen LogP contribution in [0.1, 0.15) is 0 Å². The average molecular weight is 121 g/mol. The SMILES string of the molecule is NCC(CF)C(=O)O. The normalized spacial score (nSPS) is 13.2. The quantitative estimate of drug-likeness (QED) is 0.534. The van der Waals surface area contributed by atoms with Crippen LogP contribution in [0.15, 0.2) is 0 Å². The molecule has 0 radical (unpaired) electrons. The third-order valence-electron chi connectivity index (χ3n) is 0.820. The van der Waals surface area contributed by atoms with Gasteiger partial charge in [0.15, 0.2) is 0 Å². The first-order valence-electron chi connectivity index (χ1n) is 2.21. The number of carboxylic acid groups (broad SMARTS) is 1. The molecule has 0 aromatic rings. The number of aliphatic carboxylic acids is 1. The van der Waals surface area contributed by atoms with Crippen molar-refractivity contribution in [2.45, 2.75) is 0 Å². The lowest BCUT2D eigenvalue weighted by molar-refractivity contribution is -0.141. The van der Waals surface area contributed by atoms with E-state index < -0.39 is 18.6 Å². The van der Waals surface area contributed by atoms with Gasteiger partial charge in [-0.05, 0) is 0 Å². The van der Waals surface area contributed by atoms with Gasteiger partial charge in [-0.3, -0.25) is 9.18 Å². The third-order valence-corrected chi connectivity index (χ3v) is 0.820. The van der Waals surface area contributed by atoms with Crippen LogP contribution in [0.25, 0.3) is 0 Å². The zero-order chi connectivity index (χ0) is 6.57. The number of hydrogen-bond acceptors (Lipinski definition) is 2. The molecule has 1 atom stereocenters. The molecule has 48 valence electrons. The van der Waals surface area contributed by atoms with Crippen LogP contribution >= 0.6 is 0 Å². The summed E-state index contributed by atoms with van der Waals surface area (Å²) in [5, 5.41) is 8.05. The van der Waals surface area contributed by atoms with E-state index in [4.69, 9.17) is 10.8 Å². The molecule has 0 rings (SSSR count). The van der Waals surface area contributed by atoms with Gasteiger partial charge in [-0.2, -0.15) is 0 Å². The molecule has 0 aromatic carbocycles. The molecule has 1 unspecified atom stereocenters. The van der Waals surface area contributed by atoms with E-state index in [9.17, 15) is 9.18 Å². The molecule has 0 aliphatic heterocycles. The molecule has 0 spiro atoms. The fourth-order valence-corrected chi connectivity index (χ4v) is 0.230. The summed E-state index contributed by atoms with van der Waals surface area (Å²) in [7, 11) is 0. The summed E-state index contributed by atoms with van der Waals surface area (Å²) in [5.74, 6) is -2.19. The Labute approximate surface area is 46.3 Å². The van der Waals surface area contributed by atoms with E-state index in [2.05, 4.69) is 0 Å². The van der Waals surface area contributed by atoms with E-state index in [-0.39, 0.29) is 6.54 Å². The van der Waals surface area contributed by atoms with Crippen molar-refractivity contribution in [3.05, 3.63) is 0 Å². The minimum atomic E-state index is -1.17. The van der Waals surface area contributed by atoms with Crippen LogP contribution in [0.3, 0.4) is 0 Å². The molecule has 0 aliphatic carbocycles. The zero-order valence-electron chi connectivity index (χ0n) is 4.30. The predicted molar refractivity (Wildman–Crippen MR) is 26.2 cm³/mol. The maximum Gasteiger partial charge on any atom is 0.310 e. The van der Waals surface area contributed by atoms with Gasteiger partial charge >= 0.3 is 5.97 Å². The molecule has 0 bridgehead atoms. The summed E-state index contributed by atoms with van der Waals surface area (Å²) in [5.41, 5.74) is 4.86. The van der Waals surface area contributed by atoms with Crippen molar-refractivity contribution in [1.82, 2.24) is 0 Å². The van der Waals surface area contributed by atoms with Gasteiger partial charge in [0, 0.05) is 6.54 Å². The molecule has 0 saturated carbocycles. The van der Waals surface area contributed by atoms with E-state index in [1.54, 1.807) is 0 Å². The molecule has 0 aliphatic rings. The van der Waals surface area contributed by atoms with E-state index in [0.29, 0.717) is 0 Å². The van der Waals surface area contributed by atoms with Crippen LogP contribution in [-0.2, 0) is 4.79 Å². The standard InChI is InChI=1S/C4H8FNO2/c5-1-3(2-6)4(7)8/h3H,1-2,6H2,(H,7,8). The number of hydrogen-bond donors (Lipinski definition) is 2. The number of carbonyl (C=O) groups is 1. The van der Waals surface area contributed by atoms with Crippen LogP contribution in [0.5, 0.6) is 0 Å². The van der Waals surface area contributed by atoms with Crippen molar-refractivity contribution in [3.63, 3.8) is 0 Å². The Balaban J connectivity index is 3.52. The first-order valence-corrected chi connectivity index (χ1v) is 2.21. The van der Waals surface area contributed by atoms with Crippen LogP contribution < -0.4 is 5.73 Å². The molecule has 0 fully saturated rings. The molecule has 0 heterocycles. The average Bonchev–Trinajstić information content (AvgIpc) is 1.69. The van der Waals surface area contributed by atoms with Crippen LogP contribution in [0.4, 0.5) is 4.39 Å². The molecule has 3 N–H and O–H groups in total. The number of alkyl halides is 1. The number of halogens is 1. The van der Waals surface area contributed by atoms with Gasteiger partial charge < -0.3 is 10.8 Å². The van der Waals surface area contributed by atoms with Crippen LogP contribution in [-0.4, -0.2) is 24.3 Å². The lowest BCUT2D eigenvalue weighted by atomic mass is 10.2. The van der Waals surface area contributed by atoms with E-state index >= 15 is 0 Å². The second-order valence-electron chi connectivity index (χ2n) is 1.43. The van der Waals surface area contributed by atoms with E-state index in [1.807, 2.05) is 0 Å². The van der Waals surface area contributed by atoms with Gasteiger partial charge in [0.25, 0.3) is 0 Å². The van der Waals surface area contributed by atoms with Crippen LogP contribution in [0, 0.1) is 5.92 Å². The van der Waals surface area contributed by atoms with Crippen molar-refractivity contribution in [1.29, 1.82) is 0 Å². The molecular formula is C4H8FNO2. The van der Waals surface area contributed by atoms with Gasteiger partial charge in [0.2, 0.25) is 0 Å². The minimum absolute atomic E-state index is 0.133. The molecule has 8 heavy (non-hydrogen) atoms. The van der Waals surface area contributed by atoms with Crippen molar-refractivity contribution in [3.8, 4) is 0 Å². The number of carboxylic acids is 1. The van der Waals surface area contributed by atoms with Gasteiger partial charge in [0.05, 0.1) is 5.92 Å².